The molecule has 0 aromatic carbocycles. The molecule has 15 heavy (non-hydrogen) atoms. The van der Waals surface area contributed by atoms with Gasteiger partial charge in [-0.2, -0.15) is 0 Å². The molecule has 0 aliphatic rings. The van der Waals surface area contributed by atoms with E-state index >= 15 is 0 Å². The van der Waals surface area contributed by atoms with Gasteiger partial charge in [-0.15, -0.1) is 0 Å². The van der Waals surface area contributed by atoms with Crippen LogP contribution in [-0.4, -0.2) is 21.9 Å². The second-order valence-electron chi connectivity index (χ2n) is 2.89. The van der Waals surface area contributed by atoms with Crippen LogP contribution < -0.4 is 0 Å². The van der Waals surface area contributed by atoms with E-state index in [2.05, 4.69) is 16.5 Å². The molecule has 0 N–H and O–H groups in total. The Bertz CT molecular complexity index is 359. The summed E-state index contributed by atoms with van der Waals surface area (Å²) in [5.41, 5.74) is 1.67. The lowest BCUT2D eigenvalue weighted by Gasteiger charge is -2.02. The van der Waals surface area contributed by atoms with Gasteiger partial charge in [0, 0.05) is 23.1 Å². The van der Waals surface area contributed by atoms with Gasteiger partial charge in [0.2, 0.25) is 0 Å². The molecule has 1 aromatic rings. The number of carbonyl (C=O) groups is 1. The molecule has 80 valence electrons. The molecule has 1 heterocycles. The van der Waals surface area contributed by atoms with Crippen LogP contribution >= 0.6 is 11.8 Å². The molecule has 0 aliphatic carbocycles. The van der Waals surface area contributed by atoms with E-state index in [1.807, 2.05) is 19.9 Å². The molecule has 1 aromatic heterocycles. The lowest BCUT2D eigenvalue weighted by molar-refractivity contribution is 0.187. The SMILES string of the molecule is C=CCOC(=O)Sc1nc(C)cc(C)n1. The highest BCUT2D eigenvalue weighted by atomic mass is 32.2. The largest absolute Gasteiger partial charge is 0.453 e. The third kappa shape index (κ3) is 4.12. The zero-order valence-electron chi connectivity index (χ0n) is 8.69. The van der Waals surface area contributed by atoms with Crippen molar-refractivity contribution in [1.82, 2.24) is 9.97 Å². The predicted molar refractivity (Wildman–Crippen MR) is 58.9 cm³/mol. The van der Waals surface area contributed by atoms with Gasteiger partial charge in [0.25, 0.3) is 0 Å². The van der Waals surface area contributed by atoms with Crippen LogP contribution in [-0.2, 0) is 4.74 Å². The van der Waals surface area contributed by atoms with Crippen LogP contribution in [0.25, 0.3) is 0 Å². The number of carbonyl (C=O) groups excluding carboxylic acids is 1. The van der Waals surface area contributed by atoms with Crippen LogP contribution in [0.1, 0.15) is 11.4 Å². The van der Waals surface area contributed by atoms with E-state index in [0.717, 1.165) is 23.1 Å². The summed E-state index contributed by atoms with van der Waals surface area (Å²) in [6.07, 6.45) is 1.51. The topological polar surface area (TPSA) is 52.1 Å². The fraction of sp³-hybridized carbons (Fsp3) is 0.300. The average Bonchev–Trinajstić information content (AvgIpc) is 2.13. The smallest absolute Gasteiger partial charge is 0.375 e. The molecule has 0 bridgehead atoms. The van der Waals surface area contributed by atoms with Gasteiger partial charge < -0.3 is 4.74 Å². The quantitative estimate of drug-likeness (QED) is 0.342. The van der Waals surface area contributed by atoms with Crippen molar-refractivity contribution in [2.24, 2.45) is 0 Å². The zero-order valence-corrected chi connectivity index (χ0v) is 9.50. The van der Waals surface area contributed by atoms with E-state index < -0.39 is 5.30 Å². The van der Waals surface area contributed by atoms with E-state index in [1.165, 1.54) is 6.08 Å². The second kappa shape index (κ2) is 5.50. The maximum absolute atomic E-state index is 11.2. The Kier molecular flexibility index (Phi) is 4.30. The van der Waals surface area contributed by atoms with E-state index in [1.54, 1.807) is 0 Å². The summed E-state index contributed by atoms with van der Waals surface area (Å²) >= 11 is 0.881. The zero-order chi connectivity index (χ0) is 11.3. The summed E-state index contributed by atoms with van der Waals surface area (Å²) in [5.74, 6) is 0. The van der Waals surface area contributed by atoms with Gasteiger partial charge in [-0.1, -0.05) is 12.7 Å². The van der Waals surface area contributed by atoms with Crippen molar-refractivity contribution in [2.75, 3.05) is 6.61 Å². The Labute approximate surface area is 92.8 Å². The fourth-order valence-electron chi connectivity index (χ4n) is 0.970. The Hall–Kier alpha value is -1.36. The molecule has 0 aliphatic heterocycles. The Morgan fingerprint density at radius 3 is 2.67 bits per heavy atom. The van der Waals surface area contributed by atoms with Crippen molar-refractivity contribution < 1.29 is 9.53 Å². The van der Waals surface area contributed by atoms with Crippen LogP contribution in [0.15, 0.2) is 23.9 Å². The molecule has 0 saturated carbocycles. The van der Waals surface area contributed by atoms with Crippen LogP contribution in [0.2, 0.25) is 0 Å². The van der Waals surface area contributed by atoms with Gasteiger partial charge >= 0.3 is 5.30 Å². The monoisotopic (exact) mass is 224 g/mol. The van der Waals surface area contributed by atoms with Gasteiger partial charge in [0.05, 0.1) is 0 Å². The van der Waals surface area contributed by atoms with Gasteiger partial charge in [-0.05, 0) is 19.9 Å². The summed E-state index contributed by atoms with van der Waals surface area (Å²) in [6, 6.07) is 1.85. The Morgan fingerprint density at radius 2 is 2.13 bits per heavy atom. The molecule has 5 heteroatoms. The van der Waals surface area contributed by atoms with E-state index in [4.69, 9.17) is 4.74 Å². The number of hydrogen-bond acceptors (Lipinski definition) is 5. The van der Waals surface area contributed by atoms with Crippen molar-refractivity contribution in [3.05, 3.63) is 30.1 Å². The minimum atomic E-state index is -0.417. The second-order valence-corrected chi connectivity index (χ2v) is 3.79. The van der Waals surface area contributed by atoms with Crippen molar-refractivity contribution in [1.29, 1.82) is 0 Å². The number of thioether (sulfide) groups is 1. The predicted octanol–water partition coefficient (Wildman–Crippen LogP) is 2.51. The van der Waals surface area contributed by atoms with Crippen molar-refractivity contribution >= 4 is 17.1 Å². The highest BCUT2D eigenvalue weighted by molar-refractivity contribution is 8.13. The number of rotatable bonds is 3. The summed E-state index contributed by atoms with van der Waals surface area (Å²) in [4.78, 5) is 19.4. The van der Waals surface area contributed by atoms with Gasteiger partial charge in [-0.25, -0.2) is 14.8 Å². The van der Waals surface area contributed by atoms with Gasteiger partial charge in [0.1, 0.15) is 6.61 Å². The summed E-state index contributed by atoms with van der Waals surface area (Å²) in [6.45, 7) is 7.37. The molecule has 0 unspecified atom stereocenters. The standard InChI is InChI=1S/C10H12N2O2S/c1-4-5-14-10(13)15-9-11-7(2)6-8(3)12-9/h4,6H,1,5H2,2-3H3. The van der Waals surface area contributed by atoms with Crippen LogP contribution in [0.3, 0.4) is 0 Å². The number of aromatic nitrogens is 2. The summed E-state index contributed by atoms with van der Waals surface area (Å²) < 4.78 is 4.80. The summed E-state index contributed by atoms with van der Waals surface area (Å²) in [7, 11) is 0. The maximum Gasteiger partial charge on any atom is 0.375 e. The molecule has 0 spiro atoms. The van der Waals surface area contributed by atoms with Crippen molar-refractivity contribution in [3.8, 4) is 0 Å². The third-order valence-corrected chi connectivity index (χ3v) is 2.11. The number of nitrogens with zero attached hydrogens (tertiary/aromatic N) is 2. The number of hydrogen-bond donors (Lipinski definition) is 0. The third-order valence-electron chi connectivity index (χ3n) is 1.46. The van der Waals surface area contributed by atoms with Crippen LogP contribution in [0, 0.1) is 13.8 Å². The number of aryl methyl sites for hydroxylation is 2. The average molecular weight is 224 g/mol. The van der Waals surface area contributed by atoms with Crippen molar-refractivity contribution in [2.45, 2.75) is 19.0 Å². The maximum atomic E-state index is 11.2. The molecule has 0 amide bonds. The van der Waals surface area contributed by atoms with E-state index in [-0.39, 0.29) is 6.61 Å². The highest BCUT2D eigenvalue weighted by Crippen LogP contribution is 2.16. The molecule has 0 atom stereocenters. The van der Waals surface area contributed by atoms with Crippen LogP contribution in [0.5, 0.6) is 0 Å². The first-order chi connectivity index (χ1) is 7.11. The molecule has 1 rings (SSSR count). The lowest BCUT2D eigenvalue weighted by Crippen LogP contribution is -2.00. The van der Waals surface area contributed by atoms with Crippen molar-refractivity contribution in [3.63, 3.8) is 0 Å². The molecular weight excluding hydrogens is 212 g/mol. The van der Waals surface area contributed by atoms with E-state index in [9.17, 15) is 4.79 Å². The molecule has 4 nitrogen and oxygen atoms in total. The molecule has 0 fully saturated rings. The summed E-state index contributed by atoms with van der Waals surface area (Å²) in [5, 5.41) is 0.00135. The highest BCUT2D eigenvalue weighted by Gasteiger charge is 2.08. The molecule has 0 saturated heterocycles. The van der Waals surface area contributed by atoms with Gasteiger partial charge in [-0.3, -0.25) is 0 Å². The van der Waals surface area contributed by atoms with E-state index in [0.29, 0.717) is 5.16 Å². The first-order valence-corrected chi connectivity index (χ1v) is 5.21. The minimum Gasteiger partial charge on any atom is -0.453 e. The number of ether oxygens (including phenoxy) is 1. The van der Waals surface area contributed by atoms with Gasteiger partial charge in [0.15, 0.2) is 5.16 Å². The molecule has 0 radical (unpaired) electrons. The normalized spacial score (nSPS) is 9.73. The Morgan fingerprint density at radius 1 is 1.53 bits per heavy atom. The first kappa shape index (κ1) is 11.7. The minimum absolute atomic E-state index is 0.205. The fourth-order valence-corrected chi connectivity index (χ4v) is 1.63. The Balaban J connectivity index is 2.63. The van der Waals surface area contributed by atoms with Crippen LogP contribution in [0.4, 0.5) is 4.79 Å². The molecular formula is C10H12N2O2S. The first-order valence-electron chi connectivity index (χ1n) is 4.39. The lowest BCUT2D eigenvalue weighted by atomic mass is 10.4.